The van der Waals surface area contributed by atoms with Crippen molar-refractivity contribution in [2.75, 3.05) is 18.6 Å². The quantitative estimate of drug-likeness (QED) is 0.122. The topological polar surface area (TPSA) is 206 Å². The highest BCUT2D eigenvalue weighted by molar-refractivity contribution is 7.98. The number of rotatable bonds is 18. The molecule has 4 atom stereocenters. The normalized spacial score (nSPS) is 13.6. The summed E-state index contributed by atoms with van der Waals surface area (Å²) in [5.41, 5.74) is 13.0. The van der Waals surface area contributed by atoms with Gasteiger partial charge in [0.1, 0.15) is 23.9 Å². The van der Waals surface area contributed by atoms with E-state index in [1.807, 2.05) is 19.2 Å². The van der Waals surface area contributed by atoms with Crippen molar-refractivity contribution < 1.29 is 29.1 Å². The molecule has 2 aromatic rings. The van der Waals surface area contributed by atoms with Crippen molar-refractivity contribution in [3.8, 4) is 5.75 Å². The maximum absolute atomic E-state index is 13.1. The van der Waals surface area contributed by atoms with E-state index in [4.69, 9.17) is 11.5 Å². The lowest BCUT2D eigenvalue weighted by Crippen LogP contribution is -2.56. The summed E-state index contributed by atoms with van der Waals surface area (Å²) in [6.07, 6.45) is 3.45. The van der Waals surface area contributed by atoms with E-state index in [0.29, 0.717) is 25.0 Å². The molecular formula is C30H42N6O6S. The Labute approximate surface area is 256 Å². The van der Waals surface area contributed by atoms with Crippen LogP contribution in [0.5, 0.6) is 5.75 Å². The summed E-state index contributed by atoms with van der Waals surface area (Å²) < 4.78 is 0. The van der Waals surface area contributed by atoms with E-state index in [1.165, 1.54) is 23.9 Å². The summed E-state index contributed by atoms with van der Waals surface area (Å²) in [6, 6.07) is 11.5. The lowest BCUT2D eigenvalue weighted by Gasteiger charge is -2.23. The molecule has 0 aromatic heterocycles. The van der Waals surface area contributed by atoms with Gasteiger partial charge in [-0.1, -0.05) is 55.8 Å². The van der Waals surface area contributed by atoms with Gasteiger partial charge in [-0.15, -0.1) is 0 Å². The van der Waals surface area contributed by atoms with Crippen LogP contribution in [-0.2, 0) is 36.8 Å². The van der Waals surface area contributed by atoms with Crippen molar-refractivity contribution >= 4 is 41.3 Å². The molecule has 0 radical (unpaired) electrons. The number of hydrogen-bond donors (Lipinski definition) is 7. The molecule has 0 aliphatic carbocycles. The average molecular weight is 615 g/mol. The van der Waals surface area contributed by atoms with Gasteiger partial charge in [-0.25, -0.2) is 0 Å². The van der Waals surface area contributed by atoms with E-state index >= 15 is 0 Å². The average Bonchev–Trinajstić information content (AvgIpc) is 2.98. The molecule has 0 saturated heterocycles. The van der Waals surface area contributed by atoms with Gasteiger partial charge in [0, 0.05) is 6.42 Å². The zero-order chi connectivity index (χ0) is 31.8. The van der Waals surface area contributed by atoms with Crippen molar-refractivity contribution in [1.82, 2.24) is 21.3 Å². The third-order valence-corrected chi connectivity index (χ3v) is 7.21. The molecule has 0 bridgehead atoms. The highest BCUT2D eigenvalue weighted by Crippen LogP contribution is 2.11. The van der Waals surface area contributed by atoms with Gasteiger partial charge in [0.2, 0.25) is 29.5 Å². The van der Waals surface area contributed by atoms with Gasteiger partial charge in [-0.3, -0.25) is 24.0 Å². The van der Waals surface area contributed by atoms with Crippen LogP contribution in [0.25, 0.3) is 0 Å². The minimum Gasteiger partial charge on any atom is -0.508 e. The molecule has 234 valence electrons. The largest absolute Gasteiger partial charge is 0.508 e. The second-order valence-corrected chi connectivity index (χ2v) is 11.1. The summed E-state index contributed by atoms with van der Waals surface area (Å²) >= 11 is 1.51. The van der Waals surface area contributed by atoms with Crippen LogP contribution in [0.4, 0.5) is 0 Å². The van der Waals surface area contributed by atoms with Crippen LogP contribution in [0.15, 0.2) is 54.6 Å². The maximum atomic E-state index is 13.1. The molecule has 12 nitrogen and oxygen atoms in total. The Bertz CT molecular complexity index is 1210. The first-order chi connectivity index (χ1) is 20.5. The number of aromatic hydroxyl groups is 1. The zero-order valence-corrected chi connectivity index (χ0v) is 25.3. The molecule has 5 amide bonds. The summed E-state index contributed by atoms with van der Waals surface area (Å²) in [5.74, 6) is -2.28. The first-order valence-electron chi connectivity index (χ1n) is 14.1. The molecule has 0 heterocycles. The zero-order valence-electron chi connectivity index (χ0n) is 24.5. The third-order valence-electron chi connectivity index (χ3n) is 6.57. The third kappa shape index (κ3) is 12.7. The van der Waals surface area contributed by atoms with Crippen LogP contribution in [-0.4, -0.2) is 77.4 Å². The SMILES string of the molecule is CCC[C@@H](NC(=O)[C@@H](N)Cc1ccc(O)cc1)C(=O)NCC(=O)N[C@@H](Cc1ccccc1)C(=O)N[C@@H](CCSC)C(N)=O. The lowest BCUT2D eigenvalue weighted by molar-refractivity contribution is -0.132. The number of carbonyl (C=O) groups is 5. The smallest absolute Gasteiger partial charge is 0.243 e. The monoisotopic (exact) mass is 614 g/mol. The van der Waals surface area contributed by atoms with Crippen LogP contribution in [0.3, 0.4) is 0 Å². The molecule has 0 saturated carbocycles. The molecule has 43 heavy (non-hydrogen) atoms. The van der Waals surface area contributed by atoms with Crippen LogP contribution < -0.4 is 32.7 Å². The fourth-order valence-electron chi connectivity index (χ4n) is 4.20. The van der Waals surface area contributed by atoms with Gasteiger partial charge >= 0.3 is 0 Å². The minimum absolute atomic E-state index is 0.0959. The van der Waals surface area contributed by atoms with Crippen LogP contribution >= 0.6 is 11.8 Å². The molecule has 0 fully saturated rings. The van der Waals surface area contributed by atoms with Crippen molar-refractivity contribution in [3.05, 3.63) is 65.7 Å². The van der Waals surface area contributed by atoms with Gasteiger partial charge < -0.3 is 37.8 Å². The summed E-state index contributed by atoms with van der Waals surface area (Å²) in [5, 5.41) is 19.9. The first kappa shape index (κ1) is 35.1. The van der Waals surface area contributed by atoms with Gasteiger partial charge in [-0.05, 0) is 54.5 Å². The summed E-state index contributed by atoms with van der Waals surface area (Å²) in [7, 11) is 0. The molecule has 9 N–H and O–H groups in total. The summed E-state index contributed by atoms with van der Waals surface area (Å²) in [6.45, 7) is 1.40. The van der Waals surface area contributed by atoms with E-state index in [1.54, 1.807) is 36.4 Å². The Morgan fingerprint density at radius 2 is 1.42 bits per heavy atom. The Kier molecular flexibility index (Phi) is 15.1. The molecule has 0 aliphatic rings. The number of phenols is 1. The number of primary amides is 1. The summed E-state index contributed by atoms with van der Waals surface area (Å²) in [4.78, 5) is 63.5. The molecule has 2 aromatic carbocycles. The van der Waals surface area contributed by atoms with Crippen molar-refractivity contribution in [3.63, 3.8) is 0 Å². The van der Waals surface area contributed by atoms with Crippen LogP contribution in [0, 0.1) is 0 Å². The van der Waals surface area contributed by atoms with Gasteiger partial charge in [0.25, 0.3) is 0 Å². The molecule has 0 aliphatic heterocycles. The molecule has 2 rings (SSSR count). The Morgan fingerprint density at radius 3 is 2.02 bits per heavy atom. The number of benzene rings is 2. The number of carbonyl (C=O) groups excluding carboxylic acids is 5. The number of phenolic OH excluding ortho intramolecular Hbond substituents is 1. The number of amides is 5. The molecule has 13 heteroatoms. The van der Waals surface area contributed by atoms with Gasteiger partial charge in [-0.2, -0.15) is 11.8 Å². The predicted molar refractivity (Wildman–Crippen MR) is 166 cm³/mol. The second-order valence-electron chi connectivity index (χ2n) is 10.1. The minimum atomic E-state index is -1.04. The van der Waals surface area contributed by atoms with Crippen molar-refractivity contribution in [1.29, 1.82) is 0 Å². The fourth-order valence-corrected chi connectivity index (χ4v) is 4.67. The van der Waals surface area contributed by atoms with Gasteiger partial charge in [0.05, 0.1) is 12.6 Å². The van der Waals surface area contributed by atoms with E-state index < -0.39 is 60.2 Å². The van der Waals surface area contributed by atoms with E-state index in [-0.39, 0.29) is 18.6 Å². The number of nitrogens with one attached hydrogen (secondary N) is 4. The van der Waals surface area contributed by atoms with Crippen molar-refractivity contribution in [2.24, 2.45) is 11.5 Å². The number of thioether (sulfide) groups is 1. The Morgan fingerprint density at radius 1 is 0.791 bits per heavy atom. The number of hydrogen-bond acceptors (Lipinski definition) is 8. The highest BCUT2D eigenvalue weighted by atomic mass is 32.2. The Balaban J connectivity index is 2.00. The van der Waals surface area contributed by atoms with Crippen molar-refractivity contribution in [2.45, 2.75) is 63.2 Å². The first-order valence-corrected chi connectivity index (χ1v) is 15.5. The molecule has 0 spiro atoms. The van der Waals surface area contributed by atoms with Crippen LogP contribution in [0.2, 0.25) is 0 Å². The molecule has 0 unspecified atom stereocenters. The van der Waals surface area contributed by atoms with Gasteiger partial charge in [0.15, 0.2) is 0 Å². The van der Waals surface area contributed by atoms with E-state index in [2.05, 4.69) is 21.3 Å². The maximum Gasteiger partial charge on any atom is 0.243 e. The highest BCUT2D eigenvalue weighted by Gasteiger charge is 2.27. The van der Waals surface area contributed by atoms with E-state index in [0.717, 1.165) is 11.1 Å². The predicted octanol–water partition coefficient (Wildman–Crippen LogP) is 0.114. The number of nitrogens with two attached hydrogens (primary N) is 2. The molecular weight excluding hydrogens is 572 g/mol. The Hall–Kier alpha value is -4.10. The lowest BCUT2D eigenvalue weighted by atomic mass is 10.0. The standard InChI is InChI=1S/C30H42N6O6S/c1-3-7-24(36-28(40)22(31)16-20-10-12-21(37)13-11-20)29(41)33-18-26(38)34-25(17-19-8-5-4-6-9-19)30(42)35-23(27(32)39)14-15-43-2/h4-6,8-13,22-25,37H,3,7,14-18,31H2,1-2H3,(H2,32,39)(H,33,41)(H,34,38)(H,35,42)(H,36,40)/t22-,23-,24+,25-/m0/s1. The second kappa shape index (κ2) is 18.4. The fraction of sp³-hybridized carbons (Fsp3) is 0.433. The van der Waals surface area contributed by atoms with Crippen LogP contribution in [0.1, 0.15) is 37.3 Å². The van der Waals surface area contributed by atoms with E-state index in [9.17, 15) is 29.1 Å².